The molecule has 1 aliphatic rings. The molecule has 6 heteroatoms. The molecule has 1 saturated carbocycles. The highest BCUT2D eigenvalue weighted by Gasteiger charge is 2.29. The number of pyridine rings is 1. The summed E-state index contributed by atoms with van der Waals surface area (Å²) >= 11 is 3.52. The summed E-state index contributed by atoms with van der Waals surface area (Å²) in [5, 5.41) is 19.1. The third-order valence-corrected chi connectivity index (χ3v) is 4.55. The summed E-state index contributed by atoms with van der Waals surface area (Å²) in [6.45, 7) is 0. The maximum Gasteiger partial charge on any atom is 0.335 e. The second kappa shape index (κ2) is 6.65. The lowest BCUT2D eigenvalue weighted by Crippen LogP contribution is -1.98. The Labute approximate surface area is 147 Å². The number of aromatic hydroxyl groups is 1. The zero-order chi connectivity index (χ0) is 17.3. The van der Waals surface area contributed by atoms with E-state index >= 15 is 0 Å². The first kappa shape index (κ1) is 16.5. The Hall–Kier alpha value is -2.34. The number of rotatable bonds is 5. The molecular formula is C18H16BrNO4. The second-order valence-electron chi connectivity index (χ2n) is 5.64. The number of benzene rings is 1. The summed E-state index contributed by atoms with van der Waals surface area (Å²) in [4.78, 5) is 15.5. The monoisotopic (exact) mass is 389 g/mol. The fourth-order valence-electron chi connectivity index (χ4n) is 2.48. The normalized spacial score (nSPS) is 14.5. The van der Waals surface area contributed by atoms with Gasteiger partial charge in [-0.25, -0.2) is 9.78 Å². The SMILES string of the molecule is COc1ccc(Br)c(C(=Cc2ccc(C(=O)O)cc2O)C2CC2)n1. The number of ether oxygens (including phenoxy) is 1. The standard InChI is InChI=1S/C18H16BrNO4/c1-24-16-7-6-14(19)17(20-16)13(10-2-3-10)8-11-4-5-12(18(22)23)9-15(11)21/h4-10,21H,2-3H2,1H3,(H,22,23). The van der Waals surface area contributed by atoms with Crippen molar-refractivity contribution in [3.8, 4) is 11.6 Å². The van der Waals surface area contributed by atoms with Gasteiger partial charge in [-0.15, -0.1) is 0 Å². The molecule has 0 radical (unpaired) electrons. The Morgan fingerprint density at radius 1 is 1.33 bits per heavy atom. The molecule has 1 aliphatic carbocycles. The van der Waals surface area contributed by atoms with E-state index in [-0.39, 0.29) is 11.3 Å². The van der Waals surface area contributed by atoms with Crippen LogP contribution in [0.1, 0.15) is 34.5 Å². The predicted molar refractivity (Wildman–Crippen MR) is 94.2 cm³/mol. The van der Waals surface area contributed by atoms with Gasteiger partial charge in [0, 0.05) is 16.1 Å². The van der Waals surface area contributed by atoms with Crippen molar-refractivity contribution in [2.75, 3.05) is 7.11 Å². The molecule has 24 heavy (non-hydrogen) atoms. The number of carbonyl (C=O) groups is 1. The molecule has 1 aromatic heterocycles. The molecule has 0 spiro atoms. The van der Waals surface area contributed by atoms with Crippen molar-refractivity contribution in [1.82, 2.24) is 4.98 Å². The fourth-order valence-corrected chi connectivity index (χ4v) is 2.93. The number of aromatic carboxylic acids is 1. The number of carboxylic acid groups (broad SMARTS) is 1. The van der Waals surface area contributed by atoms with E-state index in [4.69, 9.17) is 9.84 Å². The largest absolute Gasteiger partial charge is 0.507 e. The van der Waals surface area contributed by atoms with Crippen molar-refractivity contribution in [2.45, 2.75) is 12.8 Å². The van der Waals surface area contributed by atoms with Gasteiger partial charge in [0.1, 0.15) is 5.75 Å². The number of allylic oxidation sites excluding steroid dienone is 1. The molecule has 3 rings (SSSR count). The van der Waals surface area contributed by atoms with Crippen molar-refractivity contribution in [3.63, 3.8) is 0 Å². The lowest BCUT2D eigenvalue weighted by molar-refractivity contribution is 0.0696. The summed E-state index contributed by atoms with van der Waals surface area (Å²) in [6, 6.07) is 8.00. The lowest BCUT2D eigenvalue weighted by atomic mass is 10.0. The van der Waals surface area contributed by atoms with Crippen LogP contribution in [0.15, 0.2) is 34.8 Å². The molecule has 1 aromatic carbocycles. The fraction of sp³-hybridized carbons (Fsp3) is 0.222. The number of aromatic nitrogens is 1. The number of hydrogen-bond acceptors (Lipinski definition) is 4. The van der Waals surface area contributed by atoms with Crippen LogP contribution in [-0.2, 0) is 0 Å². The van der Waals surface area contributed by atoms with Gasteiger partial charge in [0.15, 0.2) is 0 Å². The Balaban J connectivity index is 2.06. The number of phenols is 1. The van der Waals surface area contributed by atoms with E-state index in [9.17, 15) is 9.90 Å². The number of hydrogen-bond donors (Lipinski definition) is 2. The molecular weight excluding hydrogens is 374 g/mol. The molecule has 1 fully saturated rings. The van der Waals surface area contributed by atoms with Crippen molar-refractivity contribution in [2.24, 2.45) is 5.92 Å². The predicted octanol–water partition coefficient (Wildman–Crippen LogP) is 4.21. The van der Waals surface area contributed by atoms with E-state index in [1.165, 1.54) is 12.1 Å². The van der Waals surface area contributed by atoms with Gasteiger partial charge in [-0.2, -0.15) is 0 Å². The van der Waals surface area contributed by atoms with Gasteiger partial charge in [0.2, 0.25) is 5.88 Å². The van der Waals surface area contributed by atoms with Crippen molar-refractivity contribution < 1.29 is 19.7 Å². The van der Waals surface area contributed by atoms with Crippen molar-refractivity contribution in [3.05, 3.63) is 51.6 Å². The molecule has 5 nitrogen and oxygen atoms in total. The average Bonchev–Trinajstić information content (AvgIpc) is 3.39. The Morgan fingerprint density at radius 3 is 2.67 bits per heavy atom. The van der Waals surface area contributed by atoms with Gasteiger partial charge in [0.25, 0.3) is 0 Å². The van der Waals surface area contributed by atoms with Crippen LogP contribution in [0, 0.1) is 5.92 Å². The first-order valence-electron chi connectivity index (χ1n) is 7.48. The van der Waals surface area contributed by atoms with E-state index in [0.29, 0.717) is 17.4 Å². The average molecular weight is 390 g/mol. The highest BCUT2D eigenvalue weighted by Crippen LogP contribution is 2.45. The van der Waals surface area contributed by atoms with Gasteiger partial charge in [0.05, 0.1) is 18.4 Å². The van der Waals surface area contributed by atoms with E-state index in [2.05, 4.69) is 20.9 Å². The minimum atomic E-state index is -1.07. The van der Waals surface area contributed by atoms with E-state index in [1.54, 1.807) is 19.2 Å². The first-order chi connectivity index (χ1) is 11.5. The smallest absolute Gasteiger partial charge is 0.335 e. The van der Waals surface area contributed by atoms with Crippen LogP contribution in [0.5, 0.6) is 11.6 Å². The highest BCUT2D eigenvalue weighted by molar-refractivity contribution is 9.10. The molecule has 0 aliphatic heterocycles. The van der Waals surface area contributed by atoms with E-state index < -0.39 is 5.97 Å². The van der Waals surface area contributed by atoms with Gasteiger partial charge < -0.3 is 14.9 Å². The molecule has 0 bridgehead atoms. The number of methoxy groups -OCH3 is 1. The van der Waals surface area contributed by atoms with Crippen LogP contribution < -0.4 is 4.74 Å². The van der Waals surface area contributed by atoms with Gasteiger partial charge in [-0.1, -0.05) is 6.07 Å². The zero-order valence-electron chi connectivity index (χ0n) is 13.0. The molecule has 124 valence electrons. The van der Waals surface area contributed by atoms with Gasteiger partial charge in [-0.3, -0.25) is 0 Å². The summed E-state index contributed by atoms with van der Waals surface area (Å²) in [7, 11) is 1.57. The van der Waals surface area contributed by atoms with Crippen molar-refractivity contribution in [1.29, 1.82) is 0 Å². The number of nitrogens with zero attached hydrogens (tertiary/aromatic N) is 1. The van der Waals surface area contributed by atoms with Gasteiger partial charge >= 0.3 is 5.97 Å². The Kier molecular flexibility index (Phi) is 4.57. The zero-order valence-corrected chi connectivity index (χ0v) is 14.6. The first-order valence-corrected chi connectivity index (χ1v) is 8.27. The van der Waals surface area contributed by atoms with Crippen LogP contribution in [-0.4, -0.2) is 28.3 Å². The summed E-state index contributed by atoms with van der Waals surface area (Å²) in [5.41, 5.74) is 2.40. The van der Waals surface area contributed by atoms with Crippen LogP contribution >= 0.6 is 15.9 Å². The van der Waals surface area contributed by atoms with E-state index in [0.717, 1.165) is 28.6 Å². The summed E-state index contributed by atoms with van der Waals surface area (Å²) in [5.74, 6) is -0.239. The molecule has 0 unspecified atom stereocenters. The van der Waals surface area contributed by atoms with Crippen LogP contribution in [0.4, 0.5) is 0 Å². The molecule has 0 atom stereocenters. The third kappa shape index (κ3) is 3.43. The number of phenolic OH excluding ortho intramolecular Hbond substituents is 1. The van der Waals surface area contributed by atoms with Gasteiger partial charge in [-0.05, 0) is 64.5 Å². The second-order valence-corrected chi connectivity index (χ2v) is 6.49. The summed E-state index contributed by atoms with van der Waals surface area (Å²) < 4.78 is 6.05. The molecule has 2 N–H and O–H groups in total. The maximum absolute atomic E-state index is 11.0. The molecule has 1 heterocycles. The van der Waals surface area contributed by atoms with E-state index in [1.807, 2.05) is 12.1 Å². The quantitative estimate of drug-likeness (QED) is 0.800. The van der Waals surface area contributed by atoms with Crippen LogP contribution in [0.3, 0.4) is 0 Å². The van der Waals surface area contributed by atoms with Crippen molar-refractivity contribution >= 4 is 33.5 Å². The minimum Gasteiger partial charge on any atom is -0.507 e. The summed E-state index contributed by atoms with van der Waals surface area (Å²) in [6.07, 6.45) is 3.99. The molecule has 0 saturated heterocycles. The number of halogens is 1. The van der Waals surface area contributed by atoms with Crippen LogP contribution in [0.2, 0.25) is 0 Å². The molecule has 2 aromatic rings. The van der Waals surface area contributed by atoms with Crippen LogP contribution in [0.25, 0.3) is 11.6 Å². The Morgan fingerprint density at radius 2 is 2.08 bits per heavy atom. The Bertz CT molecular complexity index is 828. The maximum atomic E-state index is 11.0. The topological polar surface area (TPSA) is 79.7 Å². The lowest BCUT2D eigenvalue weighted by Gasteiger charge is -2.11. The minimum absolute atomic E-state index is 0.0540. The highest BCUT2D eigenvalue weighted by atomic mass is 79.9. The number of carboxylic acids is 1. The molecule has 0 amide bonds. The third-order valence-electron chi connectivity index (χ3n) is 3.91.